The molecule has 1 aromatic carbocycles. The second-order valence-corrected chi connectivity index (χ2v) is 5.46. The molecule has 0 radical (unpaired) electrons. The van der Waals surface area contributed by atoms with Crippen LogP contribution in [0.15, 0.2) is 53.5 Å². The van der Waals surface area contributed by atoms with Gasteiger partial charge in [0.1, 0.15) is 0 Å². The number of thiophene rings is 1. The van der Waals surface area contributed by atoms with E-state index < -0.39 is 0 Å². The smallest absolute Gasteiger partial charge is 0.0346 e. The Hall–Kier alpha value is -1.71. The van der Waals surface area contributed by atoms with Crippen molar-refractivity contribution in [2.45, 2.75) is 19.5 Å². The molecule has 0 saturated carbocycles. The number of nitrogens with zero attached hydrogens (tertiary/aromatic N) is 1. The van der Waals surface area contributed by atoms with Crippen LogP contribution in [-0.2, 0) is 6.54 Å². The van der Waals surface area contributed by atoms with Crippen molar-refractivity contribution in [1.29, 1.82) is 0 Å². The molecule has 0 aliphatic carbocycles. The summed E-state index contributed by atoms with van der Waals surface area (Å²) < 4.78 is 0. The van der Waals surface area contributed by atoms with Crippen LogP contribution in [0.2, 0.25) is 0 Å². The van der Waals surface area contributed by atoms with Crippen molar-refractivity contribution in [3.63, 3.8) is 0 Å². The quantitative estimate of drug-likeness (QED) is 0.769. The molecule has 96 valence electrons. The fourth-order valence-corrected chi connectivity index (χ4v) is 2.98. The molecule has 2 nitrogen and oxygen atoms in total. The third kappa shape index (κ3) is 2.67. The van der Waals surface area contributed by atoms with E-state index in [1.807, 2.05) is 12.4 Å². The maximum absolute atomic E-state index is 4.32. The van der Waals surface area contributed by atoms with Crippen LogP contribution < -0.4 is 5.32 Å². The van der Waals surface area contributed by atoms with Crippen LogP contribution in [0.5, 0.6) is 0 Å². The molecule has 0 fully saturated rings. The first-order valence-corrected chi connectivity index (χ1v) is 7.36. The first-order chi connectivity index (χ1) is 9.34. The van der Waals surface area contributed by atoms with Crippen LogP contribution in [-0.4, -0.2) is 4.98 Å². The zero-order valence-electron chi connectivity index (χ0n) is 10.8. The van der Waals surface area contributed by atoms with Crippen molar-refractivity contribution in [3.05, 3.63) is 64.6 Å². The third-order valence-corrected chi connectivity index (χ3v) is 4.09. The van der Waals surface area contributed by atoms with Gasteiger partial charge < -0.3 is 5.32 Å². The number of nitrogens with one attached hydrogen (secondary N) is 1. The fraction of sp³-hybridized carbons (Fsp3) is 0.188. The van der Waals surface area contributed by atoms with Gasteiger partial charge in [0, 0.05) is 30.4 Å². The number of aromatic nitrogens is 1. The summed E-state index contributed by atoms with van der Waals surface area (Å²) in [6, 6.07) is 10.9. The second kappa shape index (κ2) is 5.51. The SMILES string of the molecule is CC(NCc1cncc2ccccc12)c1ccsc1. The molecule has 3 rings (SSSR count). The maximum Gasteiger partial charge on any atom is 0.0346 e. The average molecular weight is 268 g/mol. The summed E-state index contributed by atoms with van der Waals surface area (Å²) in [5, 5.41) is 10.4. The first-order valence-electron chi connectivity index (χ1n) is 6.41. The lowest BCUT2D eigenvalue weighted by Crippen LogP contribution is -2.17. The summed E-state index contributed by atoms with van der Waals surface area (Å²) in [5.74, 6) is 0. The van der Waals surface area contributed by atoms with Gasteiger partial charge in [-0.1, -0.05) is 24.3 Å². The molecule has 2 aromatic heterocycles. The van der Waals surface area contributed by atoms with Gasteiger partial charge in [-0.2, -0.15) is 11.3 Å². The Bertz CT molecular complexity index is 656. The van der Waals surface area contributed by atoms with Gasteiger partial charge in [0.2, 0.25) is 0 Å². The molecule has 3 heteroatoms. The topological polar surface area (TPSA) is 24.9 Å². The van der Waals surface area contributed by atoms with E-state index in [1.165, 1.54) is 21.9 Å². The molecule has 0 bridgehead atoms. The minimum absolute atomic E-state index is 0.366. The van der Waals surface area contributed by atoms with E-state index in [4.69, 9.17) is 0 Å². The normalized spacial score (nSPS) is 12.7. The number of fused-ring (bicyclic) bond motifs is 1. The lowest BCUT2D eigenvalue weighted by Gasteiger charge is -2.13. The van der Waals surface area contributed by atoms with E-state index in [9.17, 15) is 0 Å². The van der Waals surface area contributed by atoms with Gasteiger partial charge >= 0.3 is 0 Å². The highest BCUT2D eigenvalue weighted by Crippen LogP contribution is 2.19. The predicted octanol–water partition coefficient (Wildman–Crippen LogP) is 4.15. The molecule has 2 heterocycles. The van der Waals surface area contributed by atoms with E-state index in [1.54, 1.807) is 11.3 Å². The van der Waals surface area contributed by atoms with Gasteiger partial charge in [0.05, 0.1) is 0 Å². The van der Waals surface area contributed by atoms with E-state index in [2.05, 4.69) is 58.3 Å². The van der Waals surface area contributed by atoms with Crippen molar-refractivity contribution in [2.24, 2.45) is 0 Å². The third-order valence-electron chi connectivity index (χ3n) is 3.39. The summed E-state index contributed by atoms with van der Waals surface area (Å²) in [5.41, 5.74) is 2.60. The lowest BCUT2D eigenvalue weighted by molar-refractivity contribution is 0.577. The van der Waals surface area contributed by atoms with E-state index in [0.717, 1.165) is 6.54 Å². The van der Waals surface area contributed by atoms with Crippen molar-refractivity contribution in [2.75, 3.05) is 0 Å². The number of pyridine rings is 1. The maximum atomic E-state index is 4.32. The van der Waals surface area contributed by atoms with Crippen molar-refractivity contribution in [3.8, 4) is 0 Å². The van der Waals surface area contributed by atoms with Gasteiger partial charge in [0.25, 0.3) is 0 Å². The summed E-state index contributed by atoms with van der Waals surface area (Å²) in [7, 11) is 0. The molecule has 0 amide bonds. The molecule has 0 aliphatic rings. The summed E-state index contributed by atoms with van der Waals surface area (Å²) in [6.07, 6.45) is 3.87. The summed E-state index contributed by atoms with van der Waals surface area (Å²) in [4.78, 5) is 4.32. The molecule has 1 N–H and O–H groups in total. The molecule has 0 spiro atoms. The van der Waals surface area contributed by atoms with Gasteiger partial charge in [0.15, 0.2) is 0 Å². The zero-order chi connectivity index (χ0) is 13.1. The minimum atomic E-state index is 0.366. The van der Waals surface area contributed by atoms with Crippen molar-refractivity contribution < 1.29 is 0 Å². The van der Waals surface area contributed by atoms with Gasteiger partial charge in [-0.3, -0.25) is 4.98 Å². The Morgan fingerprint density at radius 2 is 2.11 bits per heavy atom. The second-order valence-electron chi connectivity index (χ2n) is 4.68. The van der Waals surface area contributed by atoms with Crippen LogP contribution in [0.25, 0.3) is 10.8 Å². The van der Waals surface area contributed by atoms with E-state index >= 15 is 0 Å². The molecular formula is C16H16N2S. The first kappa shape index (κ1) is 12.3. The zero-order valence-corrected chi connectivity index (χ0v) is 11.7. The Morgan fingerprint density at radius 1 is 1.21 bits per heavy atom. The standard InChI is InChI=1S/C16H16N2S/c1-12(14-6-7-19-11-14)18-10-15-9-17-8-13-4-2-3-5-16(13)15/h2-9,11-12,18H,10H2,1H3. The Labute approximate surface area is 117 Å². The average Bonchev–Trinajstić information content (AvgIpc) is 2.99. The van der Waals surface area contributed by atoms with Crippen molar-refractivity contribution >= 4 is 22.1 Å². The Kier molecular flexibility index (Phi) is 3.58. The Balaban J connectivity index is 1.79. The number of hydrogen-bond donors (Lipinski definition) is 1. The largest absolute Gasteiger partial charge is 0.306 e. The van der Waals surface area contributed by atoms with Gasteiger partial charge in [-0.15, -0.1) is 0 Å². The molecule has 0 saturated heterocycles. The molecule has 0 aliphatic heterocycles. The number of rotatable bonds is 4. The van der Waals surface area contributed by atoms with Crippen LogP contribution in [0.4, 0.5) is 0 Å². The number of benzene rings is 1. The highest BCUT2D eigenvalue weighted by molar-refractivity contribution is 7.07. The van der Waals surface area contributed by atoms with Crippen LogP contribution in [0.3, 0.4) is 0 Å². The Morgan fingerprint density at radius 3 is 2.95 bits per heavy atom. The number of hydrogen-bond acceptors (Lipinski definition) is 3. The van der Waals surface area contributed by atoms with E-state index in [-0.39, 0.29) is 0 Å². The molecular weight excluding hydrogens is 252 g/mol. The lowest BCUT2D eigenvalue weighted by atomic mass is 10.1. The fourth-order valence-electron chi connectivity index (χ4n) is 2.22. The van der Waals surface area contributed by atoms with Crippen LogP contribution >= 0.6 is 11.3 Å². The van der Waals surface area contributed by atoms with Gasteiger partial charge in [-0.05, 0) is 40.3 Å². The van der Waals surface area contributed by atoms with Gasteiger partial charge in [-0.25, -0.2) is 0 Å². The minimum Gasteiger partial charge on any atom is -0.306 e. The monoisotopic (exact) mass is 268 g/mol. The summed E-state index contributed by atoms with van der Waals surface area (Å²) >= 11 is 1.74. The predicted molar refractivity (Wildman–Crippen MR) is 81.3 cm³/mol. The molecule has 1 unspecified atom stereocenters. The molecule has 3 aromatic rings. The molecule has 19 heavy (non-hydrogen) atoms. The molecule has 1 atom stereocenters. The highest BCUT2D eigenvalue weighted by Gasteiger charge is 2.06. The van der Waals surface area contributed by atoms with Crippen molar-refractivity contribution in [1.82, 2.24) is 10.3 Å². The van der Waals surface area contributed by atoms with Crippen LogP contribution in [0, 0.1) is 0 Å². The highest BCUT2D eigenvalue weighted by atomic mass is 32.1. The van der Waals surface area contributed by atoms with E-state index in [0.29, 0.717) is 6.04 Å². The summed E-state index contributed by atoms with van der Waals surface area (Å²) in [6.45, 7) is 3.03. The van der Waals surface area contributed by atoms with Crippen LogP contribution in [0.1, 0.15) is 24.1 Å².